The summed E-state index contributed by atoms with van der Waals surface area (Å²) in [5.74, 6) is 0.500. The molecule has 0 aromatic heterocycles. The minimum atomic E-state index is 0.500. The Kier molecular flexibility index (Phi) is 3.53. The summed E-state index contributed by atoms with van der Waals surface area (Å²) in [6, 6.07) is 0. The maximum Gasteiger partial charge on any atom is -0.00143 e. The minimum absolute atomic E-state index is 0.500. The molecule has 2 N–H and O–H groups in total. The van der Waals surface area contributed by atoms with Crippen molar-refractivity contribution in [1.82, 2.24) is 0 Å². The smallest absolute Gasteiger partial charge is 0.00143 e. The molecule has 0 aliphatic rings. The molecule has 0 aliphatic heterocycles. The number of nitrogens with two attached hydrogens (primary N) is 1. The molecule has 0 rings (SSSR count). The first-order chi connectivity index (χ1) is 3.72. The monoisotopic (exact) mass is 113 g/mol. The van der Waals surface area contributed by atoms with E-state index in [9.17, 15) is 0 Å². The lowest BCUT2D eigenvalue weighted by Crippen LogP contribution is -2.11. The van der Waals surface area contributed by atoms with Gasteiger partial charge in [-0.1, -0.05) is 26.0 Å². The van der Waals surface area contributed by atoms with Gasteiger partial charge in [-0.05, 0) is 18.9 Å². The molecule has 0 saturated heterocycles. The van der Waals surface area contributed by atoms with Crippen LogP contribution in [-0.2, 0) is 0 Å². The van der Waals surface area contributed by atoms with Crippen LogP contribution in [0, 0.1) is 5.92 Å². The van der Waals surface area contributed by atoms with Gasteiger partial charge in [0.2, 0.25) is 0 Å². The van der Waals surface area contributed by atoms with Gasteiger partial charge in [0.05, 0.1) is 0 Å². The van der Waals surface area contributed by atoms with Crippen LogP contribution in [0.15, 0.2) is 12.2 Å². The third-order valence-corrected chi connectivity index (χ3v) is 1.50. The van der Waals surface area contributed by atoms with Crippen LogP contribution in [-0.4, -0.2) is 6.54 Å². The molecule has 0 amide bonds. The Balaban J connectivity index is 3.46. The van der Waals surface area contributed by atoms with Gasteiger partial charge in [0.15, 0.2) is 0 Å². The molecule has 1 heteroatoms. The molecule has 0 fully saturated rings. The van der Waals surface area contributed by atoms with E-state index in [2.05, 4.69) is 20.4 Å². The molecule has 8 heavy (non-hydrogen) atoms. The zero-order chi connectivity index (χ0) is 6.57. The second-order valence-corrected chi connectivity index (χ2v) is 2.15. The highest BCUT2D eigenvalue weighted by atomic mass is 14.5. The predicted molar refractivity (Wildman–Crippen MR) is 37.6 cm³/mol. The lowest BCUT2D eigenvalue weighted by molar-refractivity contribution is 0.671. The Morgan fingerprint density at radius 2 is 2.25 bits per heavy atom. The van der Waals surface area contributed by atoms with Crippen molar-refractivity contribution in [2.45, 2.75) is 20.3 Å². The standard InChI is InChI=1S/C7H15N/c1-4-6(2)7(3)5-8/h7H,2,4-5,8H2,1,3H3. The van der Waals surface area contributed by atoms with Crippen molar-refractivity contribution >= 4 is 0 Å². The Bertz CT molecular complexity index is 76.5. The van der Waals surface area contributed by atoms with Crippen LogP contribution in [0.4, 0.5) is 0 Å². The Hall–Kier alpha value is -0.300. The summed E-state index contributed by atoms with van der Waals surface area (Å²) in [4.78, 5) is 0. The van der Waals surface area contributed by atoms with Crippen molar-refractivity contribution in [1.29, 1.82) is 0 Å². The number of hydrogen-bond donors (Lipinski definition) is 1. The van der Waals surface area contributed by atoms with E-state index in [-0.39, 0.29) is 0 Å². The average molecular weight is 113 g/mol. The van der Waals surface area contributed by atoms with Gasteiger partial charge in [-0.3, -0.25) is 0 Å². The highest BCUT2D eigenvalue weighted by molar-refractivity contribution is 4.97. The maximum atomic E-state index is 5.39. The molecule has 1 atom stereocenters. The van der Waals surface area contributed by atoms with Crippen LogP contribution < -0.4 is 5.73 Å². The molecule has 48 valence electrons. The molecule has 0 spiro atoms. The third kappa shape index (κ3) is 2.12. The highest BCUT2D eigenvalue weighted by Gasteiger charge is 1.99. The van der Waals surface area contributed by atoms with E-state index in [4.69, 9.17) is 5.73 Å². The molecular weight excluding hydrogens is 98.1 g/mol. The topological polar surface area (TPSA) is 26.0 Å². The molecule has 0 aromatic rings. The second-order valence-electron chi connectivity index (χ2n) is 2.15. The summed E-state index contributed by atoms with van der Waals surface area (Å²) in [6.45, 7) is 8.80. The zero-order valence-corrected chi connectivity index (χ0v) is 5.78. The minimum Gasteiger partial charge on any atom is -0.330 e. The van der Waals surface area contributed by atoms with Crippen molar-refractivity contribution in [3.05, 3.63) is 12.2 Å². The lowest BCUT2D eigenvalue weighted by Gasteiger charge is -2.08. The Labute approximate surface area is 51.6 Å². The first kappa shape index (κ1) is 7.70. The van der Waals surface area contributed by atoms with Crippen molar-refractivity contribution in [2.24, 2.45) is 11.7 Å². The van der Waals surface area contributed by atoms with Gasteiger partial charge in [-0.25, -0.2) is 0 Å². The zero-order valence-electron chi connectivity index (χ0n) is 5.78. The van der Waals surface area contributed by atoms with Crippen molar-refractivity contribution in [3.8, 4) is 0 Å². The Morgan fingerprint density at radius 3 is 2.38 bits per heavy atom. The summed E-state index contributed by atoms with van der Waals surface area (Å²) >= 11 is 0. The third-order valence-electron chi connectivity index (χ3n) is 1.50. The van der Waals surface area contributed by atoms with E-state index in [1.165, 1.54) is 5.57 Å². The highest BCUT2D eigenvalue weighted by Crippen LogP contribution is 2.08. The van der Waals surface area contributed by atoms with E-state index in [1.54, 1.807) is 0 Å². The van der Waals surface area contributed by atoms with Crippen LogP contribution in [0.3, 0.4) is 0 Å². The normalized spacial score (nSPS) is 13.4. The van der Waals surface area contributed by atoms with Crippen molar-refractivity contribution < 1.29 is 0 Å². The van der Waals surface area contributed by atoms with Crippen LogP contribution >= 0.6 is 0 Å². The summed E-state index contributed by atoms with van der Waals surface area (Å²) in [5.41, 5.74) is 6.64. The SMILES string of the molecule is C=C(CC)C(C)CN. The fourth-order valence-electron chi connectivity index (χ4n) is 0.515. The molecule has 0 aliphatic carbocycles. The molecule has 1 unspecified atom stereocenters. The van der Waals surface area contributed by atoms with Crippen LogP contribution in [0.5, 0.6) is 0 Å². The van der Waals surface area contributed by atoms with E-state index in [0.29, 0.717) is 5.92 Å². The summed E-state index contributed by atoms with van der Waals surface area (Å²) in [6.07, 6.45) is 1.05. The quantitative estimate of drug-likeness (QED) is 0.552. The van der Waals surface area contributed by atoms with Gasteiger partial charge in [0.1, 0.15) is 0 Å². The van der Waals surface area contributed by atoms with Crippen molar-refractivity contribution in [2.75, 3.05) is 6.54 Å². The molecule has 0 heterocycles. The van der Waals surface area contributed by atoms with Crippen LogP contribution in [0.1, 0.15) is 20.3 Å². The van der Waals surface area contributed by atoms with Gasteiger partial charge in [-0.2, -0.15) is 0 Å². The largest absolute Gasteiger partial charge is 0.330 e. The molecular formula is C7H15N. The molecule has 0 bridgehead atoms. The first-order valence-corrected chi connectivity index (χ1v) is 3.10. The molecule has 1 nitrogen and oxygen atoms in total. The van der Waals surface area contributed by atoms with Crippen molar-refractivity contribution in [3.63, 3.8) is 0 Å². The van der Waals surface area contributed by atoms with Gasteiger partial charge in [-0.15, -0.1) is 0 Å². The van der Waals surface area contributed by atoms with Gasteiger partial charge >= 0.3 is 0 Å². The summed E-state index contributed by atoms with van der Waals surface area (Å²) < 4.78 is 0. The maximum absolute atomic E-state index is 5.39. The van der Waals surface area contributed by atoms with Gasteiger partial charge in [0, 0.05) is 0 Å². The predicted octanol–water partition coefficient (Wildman–Crippen LogP) is 1.55. The van der Waals surface area contributed by atoms with Crippen LogP contribution in [0.25, 0.3) is 0 Å². The summed E-state index contributed by atoms with van der Waals surface area (Å²) in [5, 5.41) is 0. The number of hydrogen-bond acceptors (Lipinski definition) is 1. The van der Waals surface area contributed by atoms with E-state index in [0.717, 1.165) is 13.0 Å². The molecule has 0 radical (unpaired) electrons. The van der Waals surface area contributed by atoms with Gasteiger partial charge in [0.25, 0.3) is 0 Å². The fraction of sp³-hybridized carbons (Fsp3) is 0.714. The Morgan fingerprint density at radius 1 is 1.75 bits per heavy atom. The number of rotatable bonds is 3. The van der Waals surface area contributed by atoms with Gasteiger partial charge < -0.3 is 5.73 Å². The second kappa shape index (κ2) is 3.67. The lowest BCUT2D eigenvalue weighted by atomic mass is 10.0. The van der Waals surface area contributed by atoms with E-state index < -0.39 is 0 Å². The molecule has 0 aromatic carbocycles. The van der Waals surface area contributed by atoms with E-state index in [1.807, 2.05) is 0 Å². The summed E-state index contributed by atoms with van der Waals surface area (Å²) in [7, 11) is 0. The van der Waals surface area contributed by atoms with E-state index >= 15 is 0 Å². The molecule has 0 saturated carbocycles. The van der Waals surface area contributed by atoms with Crippen LogP contribution in [0.2, 0.25) is 0 Å². The fourth-order valence-corrected chi connectivity index (χ4v) is 0.515. The average Bonchev–Trinajstić information content (AvgIpc) is 1.84. The first-order valence-electron chi connectivity index (χ1n) is 3.10.